The summed E-state index contributed by atoms with van der Waals surface area (Å²) in [5.41, 5.74) is 0.554. The maximum absolute atomic E-state index is 12.9. The van der Waals surface area contributed by atoms with E-state index in [4.69, 9.17) is 14.2 Å². The van der Waals surface area contributed by atoms with E-state index in [2.05, 4.69) is 9.97 Å². The van der Waals surface area contributed by atoms with Crippen LogP contribution in [0.4, 0.5) is 0 Å². The van der Waals surface area contributed by atoms with Gasteiger partial charge in [0, 0.05) is 23.1 Å². The van der Waals surface area contributed by atoms with Crippen LogP contribution in [0.25, 0.3) is 32.7 Å². The number of ether oxygens (including phenoxy) is 3. The number of aromatic hydroxyl groups is 1. The maximum Gasteiger partial charge on any atom is 0.342 e. The molecule has 0 unspecified atom stereocenters. The molecular weight excluding hydrogens is 438 g/mol. The van der Waals surface area contributed by atoms with Gasteiger partial charge in [-0.2, -0.15) is 0 Å². The van der Waals surface area contributed by atoms with Crippen LogP contribution in [0.5, 0.6) is 17.2 Å². The average molecular weight is 455 g/mol. The van der Waals surface area contributed by atoms with Gasteiger partial charge in [-0.1, -0.05) is 0 Å². The van der Waals surface area contributed by atoms with Gasteiger partial charge in [0.25, 0.3) is 5.56 Å². The number of carbonyl (C=O) groups is 1. The van der Waals surface area contributed by atoms with Crippen molar-refractivity contribution in [3.05, 3.63) is 49.5 Å². The molecular formula is C21H17N3O7S. The minimum Gasteiger partial charge on any atom is -0.505 e. The molecule has 1 aliphatic heterocycles. The molecule has 0 saturated heterocycles. The van der Waals surface area contributed by atoms with Gasteiger partial charge in [0.1, 0.15) is 17.0 Å². The summed E-state index contributed by atoms with van der Waals surface area (Å²) in [6, 6.07) is 5.24. The first-order chi connectivity index (χ1) is 15.3. The molecule has 3 aromatic heterocycles. The van der Waals surface area contributed by atoms with Crippen LogP contribution in [0.15, 0.2) is 27.8 Å². The molecule has 3 N–H and O–H groups in total. The Balaban J connectivity index is 1.89. The second-order valence-electron chi connectivity index (χ2n) is 7.19. The van der Waals surface area contributed by atoms with Crippen molar-refractivity contribution in [2.24, 2.45) is 7.05 Å². The summed E-state index contributed by atoms with van der Waals surface area (Å²) >= 11 is 1.14. The molecule has 0 saturated carbocycles. The highest BCUT2D eigenvalue weighted by Gasteiger charge is 2.29. The van der Waals surface area contributed by atoms with Crippen LogP contribution < -0.4 is 20.7 Å². The van der Waals surface area contributed by atoms with Crippen LogP contribution in [-0.2, 0) is 11.8 Å². The third kappa shape index (κ3) is 2.74. The smallest absolute Gasteiger partial charge is 0.342 e. The fourth-order valence-electron chi connectivity index (χ4n) is 3.84. The highest BCUT2D eigenvalue weighted by molar-refractivity contribution is 7.16. The Kier molecular flexibility index (Phi) is 4.38. The molecule has 0 atom stereocenters. The van der Waals surface area contributed by atoms with E-state index in [0.29, 0.717) is 38.1 Å². The molecule has 1 aliphatic rings. The number of esters is 1. The molecule has 4 aromatic rings. The lowest BCUT2D eigenvalue weighted by Gasteiger charge is -2.06. The number of aromatic nitrogens is 3. The quantitative estimate of drug-likeness (QED) is 0.404. The fourth-order valence-corrected chi connectivity index (χ4v) is 4.94. The van der Waals surface area contributed by atoms with Crippen molar-refractivity contribution in [1.29, 1.82) is 0 Å². The zero-order valence-electron chi connectivity index (χ0n) is 17.2. The normalized spacial score (nSPS) is 12.5. The molecule has 11 heteroatoms. The van der Waals surface area contributed by atoms with E-state index in [0.717, 1.165) is 11.3 Å². The minimum absolute atomic E-state index is 0.0275. The molecule has 5 rings (SSSR count). The topological polar surface area (TPSA) is 136 Å². The van der Waals surface area contributed by atoms with Crippen molar-refractivity contribution >= 4 is 28.3 Å². The van der Waals surface area contributed by atoms with Crippen LogP contribution in [0.1, 0.15) is 15.2 Å². The number of fused-ring (bicyclic) bond motifs is 2. The zero-order valence-corrected chi connectivity index (χ0v) is 18.0. The number of nitrogens with one attached hydrogen (secondary N) is 2. The number of hydrogen-bond donors (Lipinski definition) is 3. The lowest BCUT2D eigenvalue weighted by Crippen LogP contribution is -2.28. The molecule has 1 aromatic carbocycles. The maximum atomic E-state index is 12.9. The van der Waals surface area contributed by atoms with Gasteiger partial charge in [0.05, 0.1) is 23.1 Å². The Morgan fingerprint density at radius 2 is 1.97 bits per heavy atom. The van der Waals surface area contributed by atoms with Crippen LogP contribution >= 0.6 is 11.3 Å². The molecule has 0 radical (unpaired) electrons. The summed E-state index contributed by atoms with van der Waals surface area (Å²) in [6.07, 6.45) is 0. The van der Waals surface area contributed by atoms with Gasteiger partial charge in [-0.15, -0.1) is 11.3 Å². The van der Waals surface area contributed by atoms with E-state index < -0.39 is 17.2 Å². The number of methoxy groups -OCH3 is 1. The third-order valence-electron chi connectivity index (χ3n) is 5.40. The Labute approximate surface area is 183 Å². The molecule has 0 aliphatic carbocycles. The van der Waals surface area contributed by atoms with Gasteiger partial charge in [-0.25, -0.2) is 9.59 Å². The lowest BCUT2D eigenvalue weighted by molar-refractivity contribution is 0.0597. The van der Waals surface area contributed by atoms with Crippen molar-refractivity contribution in [3.63, 3.8) is 0 Å². The molecule has 32 heavy (non-hydrogen) atoms. The second kappa shape index (κ2) is 7.02. The number of hydrogen-bond acceptors (Lipinski definition) is 8. The van der Waals surface area contributed by atoms with Crippen molar-refractivity contribution in [2.75, 3.05) is 13.9 Å². The number of aromatic amines is 2. The molecule has 0 fully saturated rings. The predicted octanol–water partition coefficient (Wildman–Crippen LogP) is 2.48. The largest absolute Gasteiger partial charge is 0.505 e. The van der Waals surface area contributed by atoms with Gasteiger partial charge in [-0.05, 0) is 25.1 Å². The molecule has 0 bridgehead atoms. The van der Waals surface area contributed by atoms with E-state index in [1.165, 1.54) is 18.7 Å². The summed E-state index contributed by atoms with van der Waals surface area (Å²) in [4.78, 5) is 43.5. The third-order valence-corrected chi connectivity index (χ3v) is 6.52. The Morgan fingerprint density at radius 1 is 1.22 bits per heavy atom. The van der Waals surface area contributed by atoms with Crippen molar-refractivity contribution in [2.45, 2.75) is 6.92 Å². The SMILES string of the molecule is COC(=O)c1c(C)sc(-c2c(-c3ccc4c(c3)OCO4)[nH]c3c2c(=O)[nH]c(=O)n3C)c1O. The number of aryl methyl sites for hydroxylation is 2. The van der Waals surface area contributed by atoms with Gasteiger partial charge in [0.2, 0.25) is 6.79 Å². The van der Waals surface area contributed by atoms with Crippen LogP contribution in [-0.4, -0.2) is 39.5 Å². The van der Waals surface area contributed by atoms with Gasteiger partial charge in [0.15, 0.2) is 11.5 Å². The summed E-state index contributed by atoms with van der Waals surface area (Å²) in [6.45, 7) is 1.77. The van der Waals surface area contributed by atoms with E-state index in [1.54, 1.807) is 25.1 Å². The number of carbonyl (C=O) groups excluding carboxylic acids is 1. The lowest BCUT2D eigenvalue weighted by atomic mass is 10.0. The predicted molar refractivity (Wildman–Crippen MR) is 117 cm³/mol. The monoisotopic (exact) mass is 455 g/mol. The minimum atomic E-state index is -0.687. The summed E-state index contributed by atoms with van der Waals surface area (Å²) in [5.74, 6) is 0.125. The Hall–Kier alpha value is -3.99. The van der Waals surface area contributed by atoms with E-state index in [9.17, 15) is 19.5 Å². The number of nitrogens with zero attached hydrogens (tertiary/aromatic N) is 1. The first-order valence-electron chi connectivity index (χ1n) is 9.47. The summed E-state index contributed by atoms with van der Waals surface area (Å²) in [5, 5.41) is 11.1. The highest BCUT2D eigenvalue weighted by atomic mass is 32.1. The number of thiophene rings is 1. The number of H-pyrrole nitrogens is 2. The molecule has 4 heterocycles. The van der Waals surface area contributed by atoms with Gasteiger partial charge in [-0.3, -0.25) is 14.3 Å². The first kappa shape index (κ1) is 19.9. The van der Waals surface area contributed by atoms with Crippen molar-refractivity contribution in [1.82, 2.24) is 14.5 Å². The molecule has 164 valence electrons. The fraction of sp³-hybridized carbons (Fsp3) is 0.190. The average Bonchev–Trinajstić information content (AvgIpc) is 3.46. The molecule has 10 nitrogen and oxygen atoms in total. The van der Waals surface area contributed by atoms with Crippen LogP contribution in [0.2, 0.25) is 0 Å². The number of benzene rings is 1. The van der Waals surface area contributed by atoms with Gasteiger partial charge < -0.3 is 24.3 Å². The van der Waals surface area contributed by atoms with E-state index in [1.807, 2.05) is 0 Å². The highest BCUT2D eigenvalue weighted by Crippen LogP contribution is 2.48. The summed E-state index contributed by atoms with van der Waals surface area (Å²) in [7, 11) is 2.74. The van der Waals surface area contributed by atoms with Crippen LogP contribution in [0.3, 0.4) is 0 Å². The molecule has 0 amide bonds. The second-order valence-corrected chi connectivity index (χ2v) is 8.41. The van der Waals surface area contributed by atoms with Crippen molar-refractivity contribution < 1.29 is 24.1 Å². The van der Waals surface area contributed by atoms with E-state index in [-0.39, 0.29) is 29.1 Å². The van der Waals surface area contributed by atoms with Crippen LogP contribution in [0, 0.1) is 6.92 Å². The molecule has 0 spiro atoms. The number of rotatable bonds is 3. The first-order valence-corrected chi connectivity index (χ1v) is 10.3. The zero-order chi connectivity index (χ0) is 22.7. The Bertz CT molecular complexity index is 1540. The Morgan fingerprint density at radius 3 is 2.72 bits per heavy atom. The van der Waals surface area contributed by atoms with Gasteiger partial charge >= 0.3 is 11.7 Å². The standard InChI is InChI=1S/C21H17N3O7S/c1-8-12(20(27)29-3)16(25)17(32-8)13-14-18(24(2)21(28)23-19(14)26)22-15(13)9-4-5-10-11(6-9)31-7-30-10/h4-6,22,25H,7H2,1-3H3,(H,23,26,28). The summed E-state index contributed by atoms with van der Waals surface area (Å²) < 4.78 is 16.9. The van der Waals surface area contributed by atoms with E-state index >= 15 is 0 Å². The van der Waals surface area contributed by atoms with Crippen molar-refractivity contribution in [3.8, 4) is 38.9 Å².